The summed E-state index contributed by atoms with van der Waals surface area (Å²) in [6, 6.07) is 7.92. The van der Waals surface area contributed by atoms with Crippen molar-refractivity contribution in [2.75, 3.05) is 0 Å². The summed E-state index contributed by atoms with van der Waals surface area (Å²) in [6.07, 6.45) is -8.10. The summed E-state index contributed by atoms with van der Waals surface area (Å²) in [5, 5.41) is 10.6. The maximum Gasteiger partial charge on any atom is 0.391 e. The summed E-state index contributed by atoms with van der Waals surface area (Å²) < 4.78 is 71.6. The molecule has 0 heterocycles. The number of alkyl halides is 5. The van der Waals surface area contributed by atoms with E-state index < -0.39 is 30.7 Å². The van der Waals surface area contributed by atoms with Gasteiger partial charge in [-0.05, 0) is 61.1 Å². The monoisotopic (exact) mass is 388 g/mol. The summed E-state index contributed by atoms with van der Waals surface area (Å²) >= 11 is 0. The minimum absolute atomic E-state index is 0.00398. The Morgan fingerprint density at radius 3 is 2.22 bits per heavy atom. The van der Waals surface area contributed by atoms with Crippen LogP contribution >= 0.6 is 0 Å². The van der Waals surface area contributed by atoms with Crippen LogP contribution in [0.5, 0.6) is 5.75 Å². The summed E-state index contributed by atoms with van der Waals surface area (Å²) in [5.74, 6) is -1.35. The lowest BCUT2D eigenvalue weighted by molar-refractivity contribution is -0.185. The average Bonchev–Trinajstić information content (AvgIpc) is 2.60. The first-order valence-corrected chi connectivity index (χ1v) is 8.93. The molecule has 1 aliphatic carbocycles. The predicted molar refractivity (Wildman–Crippen MR) is 92.0 cm³/mol. The first-order chi connectivity index (χ1) is 12.7. The van der Waals surface area contributed by atoms with Crippen molar-refractivity contribution in [3.05, 3.63) is 41.5 Å². The highest BCUT2D eigenvalue weighted by Gasteiger charge is 2.42. The molecule has 0 aliphatic heterocycles. The molecule has 1 fully saturated rings. The quantitative estimate of drug-likeness (QED) is 0.620. The summed E-state index contributed by atoms with van der Waals surface area (Å²) in [5.41, 5.74) is 0.222. The lowest BCUT2D eigenvalue weighted by Gasteiger charge is -2.30. The van der Waals surface area contributed by atoms with E-state index >= 15 is 0 Å². The van der Waals surface area contributed by atoms with Crippen LogP contribution in [0.4, 0.5) is 22.0 Å². The Bertz CT molecular complexity index is 793. The number of halogens is 5. The van der Waals surface area contributed by atoms with E-state index in [0.717, 1.165) is 0 Å². The highest BCUT2D eigenvalue weighted by molar-refractivity contribution is 5.88. The van der Waals surface area contributed by atoms with E-state index in [1.165, 1.54) is 12.1 Å². The average molecular weight is 388 g/mol. The van der Waals surface area contributed by atoms with E-state index in [-0.39, 0.29) is 42.4 Å². The lowest BCUT2D eigenvalue weighted by Crippen LogP contribution is -2.32. The summed E-state index contributed by atoms with van der Waals surface area (Å²) in [7, 11) is 0. The molecule has 0 radical (unpaired) electrons. The van der Waals surface area contributed by atoms with Crippen LogP contribution in [0.1, 0.15) is 56.3 Å². The maximum absolute atomic E-state index is 13.8. The molecule has 3 rings (SSSR count). The minimum atomic E-state index is -4.22. The van der Waals surface area contributed by atoms with Crippen LogP contribution in [-0.4, -0.2) is 17.4 Å². The zero-order chi connectivity index (χ0) is 19.8. The Balaban J connectivity index is 1.87. The van der Waals surface area contributed by atoms with Gasteiger partial charge in [-0.1, -0.05) is 18.2 Å². The van der Waals surface area contributed by atoms with Gasteiger partial charge in [-0.3, -0.25) is 0 Å². The first kappa shape index (κ1) is 19.9. The molecule has 2 aromatic rings. The molecule has 0 bridgehead atoms. The maximum atomic E-state index is 13.8. The number of rotatable bonds is 4. The fourth-order valence-corrected chi connectivity index (χ4v) is 3.62. The molecule has 1 aliphatic rings. The first-order valence-electron chi connectivity index (χ1n) is 8.93. The van der Waals surface area contributed by atoms with Gasteiger partial charge in [-0.25, -0.2) is 8.78 Å². The lowest BCUT2D eigenvalue weighted by atomic mass is 9.87. The molecule has 1 N–H and O–H groups in total. The van der Waals surface area contributed by atoms with Gasteiger partial charge >= 0.3 is 6.18 Å². The smallest absolute Gasteiger partial charge is 0.391 e. The van der Waals surface area contributed by atoms with E-state index in [1.54, 1.807) is 25.1 Å². The van der Waals surface area contributed by atoms with Crippen LogP contribution in [0.15, 0.2) is 30.3 Å². The van der Waals surface area contributed by atoms with Crippen LogP contribution in [0.3, 0.4) is 0 Å². The topological polar surface area (TPSA) is 29.5 Å². The highest BCUT2D eigenvalue weighted by atomic mass is 19.4. The minimum Gasteiger partial charge on any atom is -0.490 e. The van der Waals surface area contributed by atoms with E-state index in [2.05, 4.69) is 0 Å². The van der Waals surface area contributed by atoms with Crippen molar-refractivity contribution in [2.24, 2.45) is 5.92 Å². The van der Waals surface area contributed by atoms with Gasteiger partial charge in [0.25, 0.3) is 6.43 Å². The second kappa shape index (κ2) is 7.62. The number of hydrogen-bond donors (Lipinski definition) is 1. The number of aliphatic hydroxyl groups is 1. The Labute approximate surface area is 153 Å². The largest absolute Gasteiger partial charge is 0.490 e. The summed E-state index contributed by atoms with van der Waals surface area (Å²) in [6.45, 7) is 1.54. The van der Waals surface area contributed by atoms with Crippen molar-refractivity contribution < 1.29 is 31.8 Å². The van der Waals surface area contributed by atoms with E-state index in [0.29, 0.717) is 10.9 Å². The normalized spacial score (nSPS) is 22.2. The van der Waals surface area contributed by atoms with Crippen molar-refractivity contribution in [1.29, 1.82) is 0 Å². The molecule has 0 aromatic heterocycles. The van der Waals surface area contributed by atoms with Crippen molar-refractivity contribution in [3.8, 4) is 5.75 Å². The highest BCUT2D eigenvalue weighted by Crippen LogP contribution is 2.41. The number of hydrogen-bond acceptors (Lipinski definition) is 2. The van der Waals surface area contributed by atoms with E-state index in [4.69, 9.17) is 4.74 Å². The zero-order valence-corrected chi connectivity index (χ0v) is 14.8. The molecule has 1 unspecified atom stereocenters. The molecule has 148 valence electrons. The van der Waals surface area contributed by atoms with Crippen LogP contribution in [0.2, 0.25) is 0 Å². The Morgan fingerprint density at radius 2 is 1.67 bits per heavy atom. The summed E-state index contributed by atoms with van der Waals surface area (Å²) in [4.78, 5) is 0. The van der Waals surface area contributed by atoms with Gasteiger partial charge in [0.1, 0.15) is 5.75 Å². The second-order valence-electron chi connectivity index (χ2n) is 7.07. The third-order valence-electron chi connectivity index (χ3n) is 5.18. The molecule has 27 heavy (non-hydrogen) atoms. The number of benzene rings is 2. The van der Waals surface area contributed by atoms with Crippen LogP contribution in [-0.2, 0) is 0 Å². The molecule has 0 amide bonds. The Hall–Kier alpha value is -1.89. The molecule has 7 heteroatoms. The molecular formula is C20H21F5O2. The van der Waals surface area contributed by atoms with Gasteiger partial charge in [-0.2, -0.15) is 13.2 Å². The van der Waals surface area contributed by atoms with Gasteiger partial charge in [0.15, 0.2) is 0 Å². The molecule has 1 atom stereocenters. The third kappa shape index (κ3) is 4.34. The van der Waals surface area contributed by atoms with Gasteiger partial charge in [0.2, 0.25) is 0 Å². The molecule has 1 saturated carbocycles. The van der Waals surface area contributed by atoms with Crippen LogP contribution in [0.25, 0.3) is 10.8 Å². The van der Waals surface area contributed by atoms with E-state index in [9.17, 15) is 27.1 Å². The fraction of sp³-hybridized carbons (Fsp3) is 0.500. The molecule has 2 nitrogen and oxygen atoms in total. The Kier molecular flexibility index (Phi) is 5.60. The van der Waals surface area contributed by atoms with Crippen molar-refractivity contribution >= 4 is 10.8 Å². The fourth-order valence-electron chi connectivity index (χ4n) is 3.62. The number of fused-ring (bicyclic) bond motifs is 1. The zero-order valence-electron chi connectivity index (χ0n) is 14.8. The molecular weight excluding hydrogens is 367 g/mol. The number of aliphatic hydroxyl groups excluding tert-OH is 1. The van der Waals surface area contributed by atoms with Gasteiger partial charge < -0.3 is 9.84 Å². The van der Waals surface area contributed by atoms with Crippen LogP contribution in [0, 0.1) is 5.92 Å². The van der Waals surface area contributed by atoms with Crippen molar-refractivity contribution in [3.63, 3.8) is 0 Å². The van der Waals surface area contributed by atoms with Crippen molar-refractivity contribution in [2.45, 2.75) is 57.4 Å². The predicted octanol–water partition coefficient (Wildman–Crippen LogP) is 6.33. The van der Waals surface area contributed by atoms with Crippen molar-refractivity contribution in [1.82, 2.24) is 0 Å². The molecule has 2 aromatic carbocycles. The molecule has 0 spiro atoms. The Morgan fingerprint density at radius 1 is 1.04 bits per heavy atom. The van der Waals surface area contributed by atoms with Gasteiger partial charge in [0.05, 0.1) is 23.7 Å². The molecule has 0 saturated heterocycles. The SMILES string of the molecule is CC(O)c1ccc2ccc(OC3CCC(C(F)(F)F)CC3)c(C(F)F)c2c1. The van der Waals surface area contributed by atoms with Gasteiger partial charge in [-0.15, -0.1) is 0 Å². The second-order valence-corrected chi connectivity index (χ2v) is 7.07. The number of ether oxygens (including phenoxy) is 1. The standard InChI is InChI=1S/C20H21F5O2/c1-11(26)13-3-2-12-4-9-17(18(19(21)22)16(12)10-13)27-15-7-5-14(6-8-15)20(23,24)25/h2-4,9-11,14-15,19,26H,5-8H2,1H3. The van der Waals surface area contributed by atoms with Gasteiger partial charge in [0, 0.05) is 0 Å². The van der Waals surface area contributed by atoms with E-state index in [1.807, 2.05) is 0 Å². The third-order valence-corrected chi connectivity index (χ3v) is 5.18. The van der Waals surface area contributed by atoms with Crippen LogP contribution < -0.4 is 4.74 Å².